The molecule has 6 heteroatoms. The lowest BCUT2D eigenvalue weighted by Crippen LogP contribution is -2.23. The zero-order valence-electron chi connectivity index (χ0n) is 16.2. The second-order valence-electron chi connectivity index (χ2n) is 7.16. The lowest BCUT2D eigenvalue weighted by atomic mass is 9.97. The van der Waals surface area contributed by atoms with Crippen LogP contribution in [0.1, 0.15) is 33.0 Å². The topological polar surface area (TPSA) is 65.6 Å². The number of hydrazine groups is 1. The molecule has 0 unspecified atom stereocenters. The van der Waals surface area contributed by atoms with Crippen LogP contribution in [-0.2, 0) is 13.1 Å². The Kier molecular flexibility index (Phi) is 6.45. The summed E-state index contributed by atoms with van der Waals surface area (Å²) in [5.41, 5.74) is 10.3. The third-order valence-corrected chi connectivity index (χ3v) is 4.70. The highest BCUT2D eigenvalue weighted by Crippen LogP contribution is 2.28. The molecule has 0 aromatic heterocycles. The van der Waals surface area contributed by atoms with Crippen LogP contribution >= 0.6 is 0 Å². The maximum absolute atomic E-state index is 12.6. The molecule has 1 fully saturated rings. The van der Waals surface area contributed by atoms with Crippen molar-refractivity contribution in [3.63, 3.8) is 0 Å². The Morgan fingerprint density at radius 2 is 1.89 bits per heavy atom. The Morgan fingerprint density at radius 3 is 2.59 bits per heavy atom. The Bertz CT molecular complexity index is 786. The van der Waals surface area contributed by atoms with Crippen molar-refractivity contribution in [2.75, 3.05) is 34.3 Å². The van der Waals surface area contributed by atoms with E-state index in [9.17, 15) is 4.79 Å². The molecule has 2 aromatic rings. The number of nitrogens with one attached hydrogen (secondary N) is 3. The lowest BCUT2D eigenvalue weighted by molar-refractivity contribution is 0.0950. The Balaban J connectivity index is 1.65. The van der Waals surface area contributed by atoms with Crippen LogP contribution in [0.4, 0.5) is 0 Å². The number of nitrogens with zero attached hydrogens (tertiary/aromatic N) is 1. The summed E-state index contributed by atoms with van der Waals surface area (Å²) >= 11 is 0. The van der Waals surface area contributed by atoms with Crippen LogP contribution in [-0.4, -0.2) is 45.1 Å². The fourth-order valence-corrected chi connectivity index (χ4v) is 3.36. The van der Waals surface area contributed by atoms with Crippen molar-refractivity contribution in [1.29, 1.82) is 0 Å². The summed E-state index contributed by atoms with van der Waals surface area (Å²) < 4.78 is 5.52. The quantitative estimate of drug-likeness (QED) is 0.696. The summed E-state index contributed by atoms with van der Waals surface area (Å²) in [7, 11) is 5.74. The molecule has 1 aliphatic heterocycles. The fourth-order valence-electron chi connectivity index (χ4n) is 3.36. The Hall–Kier alpha value is -2.41. The van der Waals surface area contributed by atoms with E-state index in [1.54, 1.807) is 7.11 Å². The van der Waals surface area contributed by atoms with Crippen LogP contribution in [0.15, 0.2) is 42.5 Å². The summed E-state index contributed by atoms with van der Waals surface area (Å²) in [6.45, 7) is 3.09. The minimum Gasteiger partial charge on any atom is -0.496 e. The van der Waals surface area contributed by atoms with Gasteiger partial charge in [0.1, 0.15) is 5.75 Å². The predicted octanol–water partition coefficient (Wildman–Crippen LogP) is 1.88. The monoisotopic (exact) mass is 368 g/mol. The van der Waals surface area contributed by atoms with Gasteiger partial charge in [0.15, 0.2) is 0 Å². The maximum Gasteiger partial charge on any atom is 0.251 e. The summed E-state index contributed by atoms with van der Waals surface area (Å²) in [5, 5.41) is 3.00. The molecule has 0 atom stereocenters. The normalized spacial score (nSPS) is 14.5. The first-order chi connectivity index (χ1) is 13.1. The molecule has 3 rings (SSSR count). The largest absolute Gasteiger partial charge is 0.496 e. The number of carbonyl (C=O) groups excluding carboxylic acids is 1. The number of methoxy groups -OCH3 is 1. The van der Waals surface area contributed by atoms with Crippen LogP contribution in [0.5, 0.6) is 5.75 Å². The molecule has 0 saturated carbocycles. The number of carbonyl (C=O) groups is 1. The minimum absolute atomic E-state index is 0.0967. The van der Waals surface area contributed by atoms with Gasteiger partial charge in [-0.2, -0.15) is 0 Å². The van der Waals surface area contributed by atoms with Crippen molar-refractivity contribution in [1.82, 2.24) is 21.1 Å². The molecule has 3 N–H and O–H groups in total. The first kappa shape index (κ1) is 19.4. The molecule has 0 bridgehead atoms. The number of benzene rings is 2. The fraction of sp³-hybridized carbons (Fsp3) is 0.381. The zero-order chi connectivity index (χ0) is 19.2. The van der Waals surface area contributed by atoms with Gasteiger partial charge in [0.25, 0.3) is 5.91 Å². The highest BCUT2D eigenvalue weighted by molar-refractivity contribution is 5.94. The van der Waals surface area contributed by atoms with Gasteiger partial charge in [0.2, 0.25) is 0 Å². The number of amides is 1. The molecule has 0 radical (unpaired) electrons. The van der Waals surface area contributed by atoms with Crippen molar-refractivity contribution in [3.8, 4) is 5.75 Å². The lowest BCUT2D eigenvalue weighted by Gasteiger charge is -2.15. The van der Waals surface area contributed by atoms with Gasteiger partial charge in [-0.1, -0.05) is 30.3 Å². The van der Waals surface area contributed by atoms with Crippen molar-refractivity contribution in [2.24, 2.45) is 0 Å². The van der Waals surface area contributed by atoms with E-state index in [2.05, 4.69) is 33.2 Å². The molecule has 2 aromatic carbocycles. The van der Waals surface area contributed by atoms with E-state index >= 15 is 0 Å². The molecule has 0 spiro atoms. The molecule has 6 nitrogen and oxygen atoms in total. The van der Waals surface area contributed by atoms with Gasteiger partial charge < -0.3 is 15.0 Å². The summed E-state index contributed by atoms with van der Waals surface area (Å²) in [5.74, 6) is 1.00. The van der Waals surface area contributed by atoms with E-state index in [1.165, 1.54) is 5.56 Å². The molecule has 1 saturated heterocycles. The minimum atomic E-state index is -0.0967. The number of hydrogen-bond acceptors (Lipinski definition) is 5. The van der Waals surface area contributed by atoms with Crippen LogP contribution in [0.2, 0.25) is 0 Å². The average molecular weight is 368 g/mol. The third kappa shape index (κ3) is 5.07. The Labute approximate surface area is 160 Å². The van der Waals surface area contributed by atoms with E-state index < -0.39 is 0 Å². The van der Waals surface area contributed by atoms with Crippen LogP contribution in [0.3, 0.4) is 0 Å². The van der Waals surface area contributed by atoms with Crippen molar-refractivity contribution in [3.05, 3.63) is 64.7 Å². The van der Waals surface area contributed by atoms with E-state index in [-0.39, 0.29) is 5.91 Å². The molecular weight excluding hydrogens is 340 g/mol. The van der Waals surface area contributed by atoms with Gasteiger partial charge >= 0.3 is 0 Å². The van der Waals surface area contributed by atoms with Crippen LogP contribution in [0, 0.1) is 0 Å². The SMILES string of the molecule is COc1cc(C(=O)NCc2cccc(CN(C)C)c2)ccc1C1CNNC1. The number of ether oxygens (including phenoxy) is 1. The molecule has 27 heavy (non-hydrogen) atoms. The van der Waals surface area contributed by atoms with Gasteiger partial charge in [0, 0.05) is 37.7 Å². The number of rotatable bonds is 7. The van der Waals surface area contributed by atoms with E-state index in [4.69, 9.17) is 4.74 Å². The van der Waals surface area contributed by atoms with E-state index in [1.807, 2.05) is 44.4 Å². The van der Waals surface area contributed by atoms with Gasteiger partial charge in [-0.25, -0.2) is 0 Å². The molecule has 0 aliphatic carbocycles. The average Bonchev–Trinajstić information content (AvgIpc) is 3.20. The maximum atomic E-state index is 12.6. The van der Waals surface area contributed by atoms with Gasteiger partial charge in [-0.05, 0) is 42.9 Å². The van der Waals surface area contributed by atoms with Crippen molar-refractivity contribution < 1.29 is 9.53 Å². The van der Waals surface area contributed by atoms with Gasteiger partial charge in [0.05, 0.1) is 7.11 Å². The van der Waals surface area contributed by atoms with Crippen LogP contribution in [0.25, 0.3) is 0 Å². The molecule has 144 valence electrons. The highest BCUT2D eigenvalue weighted by atomic mass is 16.5. The molecule has 1 heterocycles. The zero-order valence-corrected chi connectivity index (χ0v) is 16.2. The Morgan fingerprint density at radius 1 is 1.15 bits per heavy atom. The first-order valence-corrected chi connectivity index (χ1v) is 9.21. The molecular formula is C21H28N4O2. The summed E-state index contributed by atoms with van der Waals surface area (Å²) in [6.07, 6.45) is 0. The standard InChI is InChI=1S/C21H28N4O2/c1-25(2)14-16-6-4-5-15(9-16)11-22-21(26)17-7-8-19(20(10-17)27-3)18-12-23-24-13-18/h4-10,18,23-24H,11-14H2,1-3H3,(H,22,26). The summed E-state index contributed by atoms with van der Waals surface area (Å²) in [6, 6.07) is 14.0. The van der Waals surface area contributed by atoms with Crippen molar-refractivity contribution >= 4 is 5.91 Å². The van der Waals surface area contributed by atoms with Crippen molar-refractivity contribution in [2.45, 2.75) is 19.0 Å². The van der Waals surface area contributed by atoms with E-state index in [0.717, 1.165) is 36.5 Å². The molecule has 1 aliphatic rings. The summed E-state index contributed by atoms with van der Waals surface area (Å²) in [4.78, 5) is 14.7. The smallest absolute Gasteiger partial charge is 0.251 e. The first-order valence-electron chi connectivity index (χ1n) is 9.21. The highest BCUT2D eigenvalue weighted by Gasteiger charge is 2.21. The van der Waals surface area contributed by atoms with Gasteiger partial charge in [-0.3, -0.25) is 15.6 Å². The van der Waals surface area contributed by atoms with Crippen LogP contribution < -0.4 is 20.9 Å². The van der Waals surface area contributed by atoms with Gasteiger partial charge in [-0.15, -0.1) is 0 Å². The third-order valence-electron chi connectivity index (χ3n) is 4.70. The van der Waals surface area contributed by atoms with E-state index in [0.29, 0.717) is 18.0 Å². The predicted molar refractivity (Wildman–Crippen MR) is 107 cm³/mol. The molecule has 1 amide bonds. The second-order valence-corrected chi connectivity index (χ2v) is 7.16. The second kappa shape index (κ2) is 8.99. The number of hydrogen-bond donors (Lipinski definition) is 3.